The summed E-state index contributed by atoms with van der Waals surface area (Å²) in [5, 5.41) is 3.52. The largest absolute Gasteiger partial charge is 0.317 e. The lowest BCUT2D eigenvalue weighted by Gasteiger charge is -2.46. The van der Waals surface area contributed by atoms with Crippen molar-refractivity contribution in [1.29, 1.82) is 0 Å². The molecule has 2 atom stereocenters. The van der Waals surface area contributed by atoms with Crippen LogP contribution in [0.3, 0.4) is 0 Å². The second-order valence-electron chi connectivity index (χ2n) is 6.33. The van der Waals surface area contributed by atoms with Gasteiger partial charge in [-0.05, 0) is 57.0 Å². The molecule has 0 aliphatic carbocycles. The van der Waals surface area contributed by atoms with Crippen molar-refractivity contribution < 1.29 is 0 Å². The summed E-state index contributed by atoms with van der Waals surface area (Å²) in [7, 11) is 2.37. The summed E-state index contributed by atoms with van der Waals surface area (Å²) in [6.45, 7) is 7.34. The van der Waals surface area contributed by atoms with Gasteiger partial charge in [0.2, 0.25) is 0 Å². The zero-order chi connectivity index (χ0) is 12.3. The molecule has 2 aliphatic rings. The van der Waals surface area contributed by atoms with Crippen molar-refractivity contribution >= 4 is 11.8 Å². The standard InChI is InChI=1S/C14H28N2S/c1-14(2)7-10-17-11-13(14)16(3)12-5-4-8-15-9-6-12/h12-13,15H,4-11H2,1-3H3. The minimum Gasteiger partial charge on any atom is -0.317 e. The minimum absolute atomic E-state index is 0.500. The molecular formula is C14H28N2S. The predicted octanol–water partition coefficient (Wildman–Crippen LogP) is 2.59. The average Bonchev–Trinajstić information content (AvgIpc) is 2.56. The maximum atomic E-state index is 3.52. The van der Waals surface area contributed by atoms with Crippen LogP contribution in [0.2, 0.25) is 0 Å². The Morgan fingerprint density at radius 1 is 1.24 bits per heavy atom. The van der Waals surface area contributed by atoms with Crippen molar-refractivity contribution in [3.05, 3.63) is 0 Å². The van der Waals surface area contributed by atoms with Crippen LogP contribution in [-0.2, 0) is 0 Å². The lowest BCUT2D eigenvalue weighted by molar-refractivity contribution is 0.0776. The van der Waals surface area contributed by atoms with Gasteiger partial charge in [0.15, 0.2) is 0 Å². The van der Waals surface area contributed by atoms with E-state index in [1.54, 1.807) is 0 Å². The van der Waals surface area contributed by atoms with E-state index in [1.807, 2.05) is 0 Å². The molecule has 3 heteroatoms. The van der Waals surface area contributed by atoms with Crippen LogP contribution < -0.4 is 5.32 Å². The minimum atomic E-state index is 0.500. The Hall–Kier alpha value is 0.270. The highest BCUT2D eigenvalue weighted by Crippen LogP contribution is 2.38. The summed E-state index contributed by atoms with van der Waals surface area (Å²) in [6.07, 6.45) is 5.42. The molecular weight excluding hydrogens is 228 g/mol. The van der Waals surface area contributed by atoms with Crippen LogP contribution in [0.5, 0.6) is 0 Å². The molecule has 2 unspecified atom stereocenters. The molecule has 0 saturated carbocycles. The van der Waals surface area contributed by atoms with E-state index < -0.39 is 0 Å². The first-order valence-corrected chi connectivity index (χ1v) is 8.27. The molecule has 0 amide bonds. The van der Waals surface area contributed by atoms with Crippen LogP contribution >= 0.6 is 11.8 Å². The fraction of sp³-hybridized carbons (Fsp3) is 1.00. The third-order valence-corrected chi connectivity index (χ3v) is 5.73. The Balaban J connectivity index is 1.99. The molecule has 2 rings (SSSR count). The van der Waals surface area contributed by atoms with Crippen LogP contribution in [0.1, 0.15) is 39.5 Å². The van der Waals surface area contributed by atoms with Gasteiger partial charge in [0.05, 0.1) is 0 Å². The first-order chi connectivity index (χ1) is 8.11. The third kappa shape index (κ3) is 3.39. The molecule has 100 valence electrons. The number of thioether (sulfide) groups is 1. The number of nitrogens with zero attached hydrogens (tertiary/aromatic N) is 1. The summed E-state index contributed by atoms with van der Waals surface area (Å²) in [6, 6.07) is 1.57. The number of rotatable bonds is 2. The number of hydrogen-bond acceptors (Lipinski definition) is 3. The maximum absolute atomic E-state index is 3.52. The molecule has 2 saturated heterocycles. The molecule has 0 bridgehead atoms. The summed E-state index contributed by atoms with van der Waals surface area (Å²) in [5.41, 5.74) is 0.500. The molecule has 2 nitrogen and oxygen atoms in total. The van der Waals surface area contributed by atoms with Gasteiger partial charge in [-0.25, -0.2) is 0 Å². The Labute approximate surface area is 111 Å². The second kappa shape index (κ2) is 5.94. The normalized spacial score (nSPS) is 34.6. The van der Waals surface area contributed by atoms with Crippen molar-refractivity contribution in [3.8, 4) is 0 Å². The highest BCUT2D eigenvalue weighted by Gasteiger charge is 2.37. The highest BCUT2D eigenvalue weighted by molar-refractivity contribution is 7.99. The van der Waals surface area contributed by atoms with Crippen LogP contribution in [0.4, 0.5) is 0 Å². The van der Waals surface area contributed by atoms with E-state index in [1.165, 1.54) is 50.3 Å². The first-order valence-electron chi connectivity index (χ1n) is 7.12. The van der Waals surface area contributed by atoms with Crippen molar-refractivity contribution in [3.63, 3.8) is 0 Å². The van der Waals surface area contributed by atoms with Gasteiger partial charge in [0, 0.05) is 17.8 Å². The zero-order valence-corrected chi connectivity index (χ0v) is 12.5. The Kier molecular flexibility index (Phi) is 4.79. The summed E-state index contributed by atoms with van der Waals surface area (Å²) in [5.74, 6) is 2.68. The van der Waals surface area contributed by atoms with Gasteiger partial charge in [-0.1, -0.05) is 13.8 Å². The first kappa shape index (κ1) is 13.7. The van der Waals surface area contributed by atoms with E-state index in [9.17, 15) is 0 Å². The molecule has 0 aromatic carbocycles. The molecule has 2 heterocycles. The quantitative estimate of drug-likeness (QED) is 0.817. The lowest BCUT2D eigenvalue weighted by Crippen LogP contribution is -2.51. The van der Waals surface area contributed by atoms with E-state index >= 15 is 0 Å². The van der Waals surface area contributed by atoms with Crippen molar-refractivity contribution in [2.75, 3.05) is 31.6 Å². The smallest absolute Gasteiger partial charge is 0.0237 e. The Morgan fingerprint density at radius 3 is 2.82 bits per heavy atom. The van der Waals surface area contributed by atoms with Crippen molar-refractivity contribution in [1.82, 2.24) is 10.2 Å². The maximum Gasteiger partial charge on any atom is 0.0237 e. The van der Waals surface area contributed by atoms with E-state index in [0.29, 0.717) is 5.41 Å². The fourth-order valence-electron chi connectivity index (χ4n) is 3.25. The molecule has 0 aromatic heterocycles. The Bertz CT molecular complexity index is 234. The summed E-state index contributed by atoms with van der Waals surface area (Å²) < 4.78 is 0. The van der Waals surface area contributed by atoms with Crippen LogP contribution in [0.25, 0.3) is 0 Å². The third-order valence-electron chi connectivity index (χ3n) is 4.68. The van der Waals surface area contributed by atoms with Gasteiger partial charge in [-0.2, -0.15) is 11.8 Å². The van der Waals surface area contributed by atoms with Gasteiger partial charge in [-0.15, -0.1) is 0 Å². The fourth-order valence-corrected chi connectivity index (χ4v) is 5.00. The molecule has 0 aromatic rings. The van der Waals surface area contributed by atoms with E-state index in [0.717, 1.165) is 12.1 Å². The Morgan fingerprint density at radius 2 is 2.06 bits per heavy atom. The molecule has 0 spiro atoms. The average molecular weight is 256 g/mol. The zero-order valence-electron chi connectivity index (χ0n) is 11.7. The highest BCUT2D eigenvalue weighted by atomic mass is 32.2. The number of nitrogens with one attached hydrogen (secondary N) is 1. The summed E-state index contributed by atoms with van der Waals surface area (Å²) in [4.78, 5) is 2.71. The molecule has 2 aliphatic heterocycles. The monoisotopic (exact) mass is 256 g/mol. The molecule has 2 fully saturated rings. The summed E-state index contributed by atoms with van der Waals surface area (Å²) >= 11 is 2.15. The van der Waals surface area contributed by atoms with Crippen molar-refractivity contribution in [2.45, 2.75) is 51.6 Å². The van der Waals surface area contributed by atoms with Crippen LogP contribution in [-0.4, -0.2) is 48.6 Å². The van der Waals surface area contributed by atoms with Gasteiger partial charge in [-0.3, -0.25) is 4.90 Å². The van der Waals surface area contributed by atoms with E-state index in [-0.39, 0.29) is 0 Å². The topological polar surface area (TPSA) is 15.3 Å². The number of hydrogen-bond donors (Lipinski definition) is 1. The van der Waals surface area contributed by atoms with Crippen LogP contribution in [0.15, 0.2) is 0 Å². The van der Waals surface area contributed by atoms with Gasteiger partial charge < -0.3 is 5.32 Å². The SMILES string of the molecule is CN(C1CCCNCC1)C1CSCCC1(C)C. The van der Waals surface area contributed by atoms with Crippen LogP contribution in [0, 0.1) is 5.41 Å². The van der Waals surface area contributed by atoms with E-state index in [2.05, 4.69) is 42.9 Å². The predicted molar refractivity (Wildman–Crippen MR) is 77.8 cm³/mol. The van der Waals surface area contributed by atoms with Gasteiger partial charge >= 0.3 is 0 Å². The van der Waals surface area contributed by atoms with E-state index in [4.69, 9.17) is 0 Å². The van der Waals surface area contributed by atoms with Gasteiger partial charge in [0.25, 0.3) is 0 Å². The lowest BCUT2D eigenvalue weighted by atomic mass is 9.80. The van der Waals surface area contributed by atoms with Gasteiger partial charge in [0.1, 0.15) is 0 Å². The second-order valence-corrected chi connectivity index (χ2v) is 7.48. The molecule has 17 heavy (non-hydrogen) atoms. The molecule has 0 radical (unpaired) electrons. The van der Waals surface area contributed by atoms with Crippen molar-refractivity contribution in [2.24, 2.45) is 5.41 Å². The molecule has 1 N–H and O–H groups in total.